The predicted molar refractivity (Wildman–Crippen MR) is 73.4 cm³/mol. The highest BCUT2D eigenvalue weighted by atomic mass is 35.5. The van der Waals surface area contributed by atoms with Gasteiger partial charge in [-0.15, -0.1) is 11.3 Å². The van der Waals surface area contributed by atoms with E-state index < -0.39 is 0 Å². The monoisotopic (exact) mass is 251 g/mol. The van der Waals surface area contributed by atoms with Gasteiger partial charge in [-0.2, -0.15) is 0 Å². The number of hydrogen-bond donors (Lipinski definition) is 1. The Morgan fingerprint density at radius 1 is 1.19 bits per heavy atom. The van der Waals surface area contributed by atoms with E-state index in [4.69, 9.17) is 17.3 Å². The Hall–Kier alpha value is -0.990. The lowest BCUT2D eigenvalue weighted by Crippen LogP contribution is -1.89. The van der Waals surface area contributed by atoms with Gasteiger partial charge in [0, 0.05) is 15.5 Å². The highest BCUT2D eigenvalue weighted by molar-refractivity contribution is 7.16. The molecule has 16 heavy (non-hydrogen) atoms. The van der Waals surface area contributed by atoms with E-state index in [0.717, 1.165) is 21.2 Å². The molecule has 0 atom stereocenters. The summed E-state index contributed by atoms with van der Waals surface area (Å²) in [6.07, 6.45) is 0. The van der Waals surface area contributed by atoms with Gasteiger partial charge in [-0.1, -0.05) is 17.7 Å². The van der Waals surface area contributed by atoms with Crippen molar-refractivity contribution in [2.45, 2.75) is 20.8 Å². The molecule has 0 amide bonds. The Labute approximate surface area is 105 Å². The lowest BCUT2D eigenvalue weighted by Gasteiger charge is -2.07. The van der Waals surface area contributed by atoms with Crippen LogP contribution in [0.15, 0.2) is 18.2 Å². The molecule has 0 saturated carbocycles. The zero-order chi connectivity index (χ0) is 11.9. The largest absolute Gasteiger partial charge is 0.390 e. The van der Waals surface area contributed by atoms with Crippen LogP contribution < -0.4 is 5.73 Å². The molecule has 1 aromatic carbocycles. The van der Waals surface area contributed by atoms with Crippen LogP contribution in [0.4, 0.5) is 5.00 Å². The van der Waals surface area contributed by atoms with E-state index in [2.05, 4.69) is 20.8 Å². The van der Waals surface area contributed by atoms with Crippen molar-refractivity contribution in [1.29, 1.82) is 0 Å². The van der Waals surface area contributed by atoms with Crippen LogP contribution in [0.2, 0.25) is 5.02 Å². The molecule has 0 radical (unpaired) electrons. The summed E-state index contributed by atoms with van der Waals surface area (Å²) in [6.45, 7) is 6.29. The second-order valence-electron chi connectivity index (χ2n) is 3.98. The summed E-state index contributed by atoms with van der Waals surface area (Å²) in [7, 11) is 0. The van der Waals surface area contributed by atoms with E-state index in [1.54, 1.807) is 11.3 Å². The molecular weight excluding hydrogens is 238 g/mol. The minimum absolute atomic E-state index is 0.753. The fourth-order valence-electron chi connectivity index (χ4n) is 1.85. The summed E-state index contributed by atoms with van der Waals surface area (Å²) in [6, 6.07) is 5.93. The van der Waals surface area contributed by atoms with Crippen molar-refractivity contribution in [2.24, 2.45) is 0 Å². The summed E-state index contributed by atoms with van der Waals surface area (Å²) in [5.41, 5.74) is 10.8. The summed E-state index contributed by atoms with van der Waals surface area (Å²) in [5, 5.41) is 1.63. The third-order valence-corrected chi connectivity index (χ3v) is 4.15. The first-order valence-corrected chi connectivity index (χ1v) is 6.32. The Morgan fingerprint density at radius 2 is 1.88 bits per heavy atom. The van der Waals surface area contributed by atoms with Crippen molar-refractivity contribution >= 4 is 27.9 Å². The van der Waals surface area contributed by atoms with E-state index in [-0.39, 0.29) is 0 Å². The van der Waals surface area contributed by atoms with Crippen LogP contribution >= 0.6 is 22.9 Å². The van der Waals surface area contributed by atoms with Crippen LogP contribution in [0.1, 0.15) is 16.0 Å². The second kappa shape index (κ2) is 4.11. The first-order valence-electron chi connectivity index (χ1n) is 5.12. The third kappa shape index (κ3) is 1.83. The number of benzene rings is 1. The maximum absolute atomic E-state index is 6.07. The maximum atomic E-state index is 6.07. The zero-order valence-corrected chi connectivity index (χ0v) is 11.2. The van der Waals surface area contributed by atoms with Gasteiger partial charge in [-0.25, -0.2) is 0 Å². The molecule has 0 saturated heterocycles. The van der Waals surface area contributed by atoms with E-state index >= 15 is 0 Å². The normalized spacial score (nSPS) is 10.8. The Morgan fingerprint density at radius 3 is 2.44 bits per heavy atom. The van der Waals surface area contributed by atoms with Crippen LogP contribution in [-0.4, -0.2) is 0 Å². The fraction of sp³-hybridized carbons (Fsp3) is 0.231. The maximum Gasteiger partial charge on any atom is 0.0941 e. The molecular formula is C13H14ClNS. The van der Waals surface area contributed by atoms with E-state index in [0.29, 0.717) is 0 Å². The summed E-state index contributed by atoms with van der Waals surface area (Å²) < 4.78 is 0. The van der Waals surface area contributed by atoms with Gasteiger partial charge in [0.15, 0.2) is 0 Å². The number of aryl methyl sites for hydroxylation is 2. The van der Waals surface area contributed by atoms with E-state index in [9.17, 15) is 0 Å². The molecule has 84 valence electrons. The van der Waals surface area contributed by atoms with Gasteiger partial charge in [0.1, 0.15) is 0 Å². The molecule has 2 aromatic rings. The van der Waals surface area contributed by atoms with Crippen molar-refractivity contribution in [3.8, 4) is 11.1 Å². The molecule has 0 fully saturated rings. The number of rotatable bonds is 1. The van der Waals surface area contributed by atoms with Crippen molar-refractivity contribution in [3.63, 3.8) is 0 Å². The minimum atomic E-state index is 0.753. The van der Waals surface area contributed by atoms with Gasteiger partial charge in [-0.3, -0.25) is 0 Å². The van der Waals surface area contributed by atoms with Crippen LogP contribution in [0.5, 0.6) is 0 Å². The fourth-order valence-corrected chi connectivity index (χ4v) is 2.97. The Kier molecular flexibility index (Phi) is 2.96. The molecule has 1 nitrogen and oxygen atoms in total. The summed E-state index contributed by atoms with van der Waals surface area (Å²) in [5.74, 6) is 0. The smallest absolute Gasteiger partial charge is 0.0941 e. The number of nitrogens with two attached hydrogens (primary N) is 1. The average molecular weight is 252 g/mol. The highest BCUT2D eigenvalue weighted by Gasteiger charge is 2.14. The molecule has 2 rings (SSSR count). The van der Waals surface area contributed by atoms with Crippen molar-refractivity contribution in [2.75, 3.05) is 5.73 Å². The van der Waals surface area contributed by atoms with Gasteiger partial charge >= 0.3 is 0 Å². The first kappa shape index (κ1) is 11.5. The van der Waals surface area contributed by atoms with E-state index in [1.165, 1.54) is 16.0 Å². The quantitative estimate of drug-likeness (QED) is 0.789. The SMILES string of the molecule is Cc1ccc(Cl)cc1-c1c(N)sc(C)c1C. The van der Waals surface area contributed by atoms with Crippen LogP contribution in [0, 0.1) is 20.8 Å². The standard InChI is InChI=1S/C13H14ClNS/c1-7-4-5-10(14)6-11(7)12-8(2)9(3)16-13(12)15/h4-6H,15H2,1-3H3. The molecule has 0 aliphatic rings. The predicted octanol–water partition coefficient (Wildman–Crippen LogP) is 4.58. The highest BCUT2D eigenvalue weighted by Crippen LogP contribution is 2.40. The number of nitrogen functional groups attached to an aromatic ring is 1. The van der Waals surface area contributed by atoms with Gasteiger partial charge in [0.05, 0.1) is 5.00 Å². The number of halogens is 1. The molecule has 0 aliphatic heterocycles. The average Bonchev–Trinajstić information content (AvgIpc) is 2.46. The Bertz CT molecular complexity index is 543. The lowest BCUT2D eigenvalue weighted by molar-refractivity contribution is 1.40. The van der Waals surface area contributed by atoms with Crippen molar-refractivity contribution in [3.05, 3.63) is 39.2 Å². The second-order valence-corrected chi connectivity index (χ2v) is 5.67. The molecule has 1 aromatic heterocycles. The lowest BCUT2D eigenvalue weighted by atomic mass is 9.99. The van der Waals surface area contributed by atoms with Crippen molar-refractivity contribution < 1.29 is 0 Å². The Balaban J connectivity index is 2.71. The summed E-state index contributed by atoms with van der Waals surface area (Å²) in [4.78, 5) is 1.27. The number of hydrogen-bond acceptors (Lipinski definition) is 2. The third-order valence-electron chi connectivity index (χ3n) is 2.88. The van der Waals surface area contributed by atoms with Gasteiger partial charge < -0.3 is 5.73 Å². The van der Waals surface area contributed by atoms with Crippen LogP contribution in [-0.2, 0) is 0 Å². The molecule has 3 heteroatoms. The minimum Gasteiger partial charge on any atom is -0.390 e. The molecule has 2 N–H and O–H groups in total. The molecule has 0 bridgehead atoms. The van der Waals surface area contributed by atoms with Gasteiger partial charge in [-0.05, 0) is 49.6 Å². The number of anilines is 1. The molecule has 1 heterocycles. The van der Waals surface area contributed by atoms with Crippen LogP contribution in [0.3, 0.4) is 0 Å². The van der Waals surface area contributed by atoms with Crippen molar-refractivity contribution in [1.82, 2.24) is 0 Å². The molecule has 0 aliphatic carbocycles. The number of thiophene rings is 1. The van der Waals surface area contributed by atoms with E-state index in [1.807, 2.05) is 18.2 Å². The summed E-state index contributed by atoms with van der Waals surface area (Å²) >= 11 is 7.68. The first-order chi connectivity index (χ1) is 7.50. The van der Waals surface area contributed by atoms with Gasteiger partial charge in [0.25, 0.3) is 0 Å². The molecule has 0 unspecified atom stereocenters. The van der Waals surface area contributed by atoms with Crippen LogP contribution in [0.25, 0.3) is 11.1 Å². The zero-order valence-electron chi connectivity index (χ0n) is 9.60. The van der Waals surface area contributed by atoms with Gasteiger partial charge in [0.2, 0.25) is 0 Å². The topological polar surface area (TPSA) is 26.0 Å². The molecule has 0 spiro atoms.